The number of hydrogen-bond donors (Lipinski definition) is 0. The van der Waals surface area contributed by atoms with Crippen molar-refractivity contribution in [3.05, 3.63) is 47.5 Å². The second kappa shape index (κ2) is 4.86. The lowest BCUT2D eigenvalue weighted by atomic mass is 9.96. The van der Waals surface area contributed by atoms with E-state index in [9.17, 15) is 4.57 Å². The SMILES string of the molecule is CCc1cc(CC)c2c(c1)-c1ccccc1[PH](=O)O2. The van der Waals surface area contributed by atoms with Gasteiger partial charge < -0.3 is 4.52 Å². The lowest BCUT2D eigenvalue weighted by Gasteiger charge is -2.23. The summed E-state index contributed by atoms with van der Waals surface area (Å²) >= 11 is 0. The topological polar surface area (TPSA) is 26.3 Å². The van der Waals surface area contributed by atoms with Gasteiger partial charge in [-0.2, -0.15) is 0 Å². The van der Waals surface area contributed by atoms with Crippen LogP contribution < -0.4 is 9.83 Å². The molecule has 3 heteroatoms. The molecule has 0 N–H and O–H groups in total. The summed E-state index contributed by atoms with van der Waals surface area (Å²) in [7, 11) is -2.16. The fraction of sp³-hybridized carbons (Fsp3) is 0.250. The van der Waals surface area contributed by atoms with Gasteiger partial charge in [0, 0.05) is 5.56 Å². The van der Waals surface area contributed by atoms with Crippen LogP contribution in [0.25, 0.3) is 11.1 Å². The minimum Gasteiger partial charge on any atom is -0.441 e. The van der Waals surface area contributed by atoms with Gasteiger partial charge >= 0.3 is 0 Å². The van der Waals surface area contributed by atoms with E-state index in [1.54, 1.807) is 0 Å². The molecule has 1 heterocycles. The smallest absolute Gasteiger partial charge is 0.266 e. The zero-order chi connectivity index (χ0) is 13.4. The zero-order valence-corrected chi connectivity index (χ0v) is 12.2. The molecule has 0 saturated carbocycles. The van der Waals surface area contributed by atoms with Crippen LogP contribution in [0.1, 0.15) is 25.0 Å². The first-order valence-corrected chi connectivity index (χ1v) is 8.03. The summed E-state index contributed by atoms with van der Waals surface area (Å²) in [5, 5.41) is 0.843. The van der Waals surface area contributed by atoms with Crippen molar-refractivity contribution < 1.29 is 9.09 Å². The van der Waals surface area contributed by atoms with Crippen molar-refractivity contribution in [2.24, 2.45) is 0 Å². The van der Waals surface area contributed by atoms with Crippen molar-refractivity contribution in [1.82, 2.24) is 0 Å². The van der Waals surface area contributed by atoms with Crippen LogP contribution in [0.4, 0.5) is 0 Å². The molecule has 0 amide bonds. The average molecular weight is 272 g/mol. The van der Waals surface area contributed by atoms with Gasteiger partial charge in [-0.3, -0.25) is 4.57 Å². The van der Waals surface area contributed by atoms with Crippen LogP contribution in [-0.2, 0) is 17.4 Å². The summed E-state index contributed by atoms with van der Waals surface area (Å²) in [6.07, 6.45) is 1.89. The van der Waals surface area contributed by atoms with E-state index in [0.717, 1.165) is 40.6 Å². The molecule has 0 spiro atoms. The third kappa shape index (κ3) is 2.01. The van der Waals surface area contributed by atoms with Crippen LogP contribution in [-0.4, -0.2) is 0 Å². The van der Waals surface area contributed by atoms with Crippen LogP contribution in [0.5, 0.6) is 5.75 Å². The van der Waals surface area contributed by atoms with Crippen molar-refractivity contribution in [2.75, 3.05) is 0 Å². The fourth-order valence-corrected chi connectivity index (χ4v) is 3.79. The van der Waals surface area contributed by atoms with Crippen molar-refractivity contribution in [1.29, 1.82) is 0 Å². The van der Waals surface area contributed by atoms with Crippen LogP contribution in [0.2, 0.25) is 0 Å². The Morgan fingerprint density at radius 3 is 2.58 bits per heavy atom. The molecule has 1 aliphatic heterocycles. The minimum absolute atomic E-state index is 0.822. The highest BCUT2D eigenvalue weighted by Gasteiger charge is 2.24. The fourth-order valence-electron chi connectivity index (χ4n) is 2.59. The first-order chi connectivity index (χ1) is 9.24. The number of benzene rings is 2. The Morgan fingerprint density at radius 2 is 1.84 bits per heavy atom. The summed E-state index contributed by atoms with van der Waals surface area (Å²) in [6, 6.07) is 12.2. The summed E-state index contributed by atoms with van der Waals surface area (Å²) in [4.78, 5) is 0. The number of fused-ring (bicyclic) bond motifs is 3. The molecule has 0 bridgehead atoms. The van der Waals surface area contributed by atoms with Crippen LogP contribution in [0, 0.1) is 0 Å². The van der Waals surface area contributed by atoms with Gasteiger partial charge in [-0.25, -0.2) is 0 Å². The van der Waals surface area contributed by atoms with Crippen molar-refractivity contribution in [3.8, 4) is 16.9 Å². The second-order valence-corrected chi connectivity index (χ2v) is 6.09. The highest BCUT2D eigenvalue weighted by Crippen LogP contribution is 2.45. The predicted octanol–water partition coefficient (Wildman–Crippen LogP) is 3.97. The Hall–Kier alpha value is -1.53. The quantitative estimate of drug-likeness (QED) is 0.773. The highest BCUT2D eigenvalue weighted by molar-refractivity contribution is 7.49. The van der Waals surface area contributed by atoms with Crippen LogP contribution in [0.15, 0.2) is 36.4 Å². The Balaban J connectivity index is 2.31. The molecule has 2 nitrogen and oxygen atoms in total. The Kier molecular flexibility index (Phi) is 3.20. The van der Waals surface area contributed by atoms with E-state index >= 15 is 0 Å². The van der Waals surface area contributed by atoms with Gasteiger partial charge in [0.1, 0.15) is 5.75 Å². The van der Waals surface area contributed by atoms with Gasteiger partial charge in [0.25, 0.3) is 8.03 Å². The van der Waals surface area contributed by atoms with Gasteiger partial charge in [0.15, 0.2) is 0 Å². The maximum Gasteiger partial charge on any atom is 0.266 e. The van der Waals surface area contributed by atoms with Gasteiger partial charge in [0.2, 0.25) is 0 Å². The molecule has 2 aromatic carbocycles. The van der Waals surface area contributed by atoms with Crippen molar-refractivity contribution in [3.63, 3.8) is 0 Å². The molecule has 19 heavy (non-hydrogen) atoms. The monoisotopic (exact) mass is 272 g/mol. The number of rotatable bonds is 2. The summed E-state index contributed by atoms with van der Waals surface area (Å²) < 4.78 is 18.0. The van der Waals surface area contributed by atoms with Gasteiger partial charge in [-0.15, -0.1) is 0 Å². The number of aryl methyl sites for hydroxylation is 2. The molecule has 0 saturated heterocycles. The summed E-state index contributed by atoms with van der Waals surface area (Å²) in [6.45, 7) is 4.26. The Morgan fingerprint density at radius 1 is 1.05 bits per heavy atom. The van der Waals surface area contributed by atoms with Crippen molar-refractivity contribution >= 4 is 13.3 Å². The standard InChI is InChI=1S/C16H17O2P/c1-3-11-9-12(4-2)16-14(10-11)13-7-5-6-8-15(13)19(17)18-16/h5-10,19H,3-4H2,1-2H3. The Bertz CT molecular complexity index is 662. The molecule has 0 fully saturated rings. The lowest BCUT2D eigenvalue weighted by Crippen LogP contribution is -2.11. The van der Waals surface area contributed by atoms with E-state index in [1.807, 2.05) is 24.3 Å². The highest BCUT2D eigenvalue weighted by atomic mass is 31.1. The molecule has 1 atom stereocenters. The predicted molar refractivity (Wildman–Crippen MR) is 79.9 cm³/mol. The minimum atomic E-state index is -2.16. The van der Waals surface area contributed by atoms with E-state index in [1.165, 1.54) is 5.56 Å². The summed E-state index contributed by atoms with van der Waals surface area (Å²) in [5.41, 5.74) is 4.62. The second-order valence-electron chi connectivity index (χ2n) is 4.77. The van der Waals surface area contributed by atoms with Crippen LogP contribution in [0.3, 0.4) is 0 Å². The molecule has 3 rings (SSSR count). The van der Waals surface area contributed by atoms with E-state index in [-0.39, 0.29) is 0 Å². The molecular formula is C16H17O2P. The van der Waals surface area contributed by atoms with Crippen molar-refractivity contribution in [2.45, 2.75) is 26.7 Å². The lowest BCUT2D eigenvalue weighted by molar-refractivity contribution is 0.510. The third-order valence-corrected chi connectivity index (χ3v) is 4.91. The molecule has 0 aromatic heterocycles. The first-order valence-electron chi connectivity index (χ1n) is 6.72. The molecule has 98 valence electrons. The average Bonchev–Trinajstić information content (AvgIpc) is 2.47. The molecule has 2 aromatic rings. The van der Waals surface area contributed by atoms with E-state index in [4.69, 9.17) is 4.52 Å². The van der Waals surface area contributed by atoms with Gasteiger partial charge in [0.05, 0.1) is 5.30 Å². The molecule has 0 radical (unpaired) electrons. The van der Waals surface area contributed by atoms with E-state index in [2.05, 4.69) is 26.0 Å². The molecule has 1 aliphatic rings. The Labute approximate surface area is 114 Å². The maximum atomic E-state index is 12.2. The van der Waals surface area contributed by atoms with Gasteiger partial charge in [-0.05, 0) is 41.7 Å². The summed E-state index contributed by atoms with van der Waals surface area (Å²) in [5.74, 6) is 0.822. The zero-order valence-electron chi connectivity index (χ0n) is 11.2. The van der Waals surface area contributed by atoms with E-state index < -0.39 is 8.03 Å². The third-order valence-electron chi connectivity index (χ3n) is 3.65. The maximum absolute atomic E-state index is 12.2. The van der Waals surface area contributed by atoms with Gasteiger partial charge in [-0.1, -0.05) is 38.1 Å². The molecular weight excluding hydrogens is 255 g/mol. The van der Waals surface area contributed by atoms with E-state index in [0.29, 0.717) is 0 Å². The largest absolute Gasteiger partial charge is 0.441 e. The number of hydrogen-bond acceptors (Lipinski definition) is 2. The molecule has 1 unspecified atom stereocenters. The van der Waals surface area contributed by atoms with Crippen LogP contribution >= 0.6 is 8.03 Å². The molecule has 0 aliphatic carbocycles. The normalized spacial score (nSPS) is 16.4. The first kappa shape index (κ1) is 12.5.